The fourth-order valence-corrected chi connectivity index (χ4v) is 2.85. The lowest BCUT2D eigenvalue weighted by Crippen LogP contribution is -2.15. The number of hydrogen-bond acceptors (Lipinski definition) is 3. The molecule has 0 amide bonds. The van der Waals surface area contributed by atoms with Gasteiger partial charge in [-0.2, -0.15) is 0 Å². The normalized spacial score (nSPS) is 12.0. The van der Waals surface area contributed by atoms with Crippen molar-refractivity contribution in [2.45, 2.75) is 39.5 Å². The van der Waals surface area contributed by atoms with E-state index < -0.39 is 0 Å². The van der Waals surface area contributed by atoms with Crippen LogP contribution in [0.1, 0.15) is 38.3 Å². The summed E-state index contributed by atoms with van der Waals surface area (Å²) >= 11 is 0. The Hall–Kier alpha value is -2.49. The molecular formula is C19H22N2O2. The zero-order chi connectivity index (χ0) is 16.8. The third-order valence-electron chi connectivity index (χ3n) is 4.78. The number of aromatic hydroxyl groups is 2. The average Bonchev–Trinajstić information content (AvgIpc) is 2.97. The predicted molar refractivity (Wildman–Crippen MR) is 92.0 cm³/mol. The number of phenols is 2. The summed E-state index contributed by atoms with van der Waals surface area (Å²) in [6, 6.07) is 5.46. The molecule has 0 bridgehead atoms. The van der Waals surface area contributed by atoms with E-state index in [-0.39, 0.29) is 16.9 Å². The van der Waals surface area contributed by atoms with E-state index in [4.69, 9.17) is 0 Å². The lowest BCUT2D eigenvalue weighted by Gasteiger charge is -2.24. The molecule has 3 rings (SSSR count). The van der Waals surface area contributed by atoms with Crippen molar-refractivity contribution in [1.82, 2.24) is 9.38 Å². The van der Waals surface area contributed by atoms with Crippen LogP contribution in [0.4, 0.5) is 0 Å². The van der Waals surface area contributed by atoms with Crippen molar-refractivity contribution in [2.24, 2.45) is 0 Å². The second-order valence-electron chi connectivity index (χ2n) is 6.66. The monoisotopic (exact) mass is 310 g/mol. The van der Waals surface area contributed by atoms with Crippen LogP contribution in [0.15, 0.2) is 36.8 Å². The van der Waals surface area contributed by atoms with Crippen LogP contribution in [0.25, 0.3) is 16.8 Å². The Morgan fingerprint density at radius 2 is 1.74 bits per heavy atom. The summed E-state index contributed by atoms with van der Waals surface area (Å²) in [5.74, 6) is 0.168. The van der Waals surface area contributed by atoms with Gasteiger partial charge < -0.3 is 14.6 Å². The van der Waals surface area contributed by atoms with Gasteiger partial charge >= 0.3 is 0 Å². The minimum Gasteiger partial charge on any atom is -0.507 e. The number of hydrogen-bond donors (Lipinski definition) is 2. The average molecular weight is 310 g/mol. The zero-order valence-corrected chi connectivity index (χ0v) is 14.0. The van der Waals surface area contributed by atoms with Crippen LogP contribution in [-0.4, -0.2) is 19.6 Å². The molecule has 2 aromatic heterocycles. The fraction of sp³-hybridized carbons (Fsp3) is 0.316. The van der Waals surface area contributed by atoms with Crippen molar-refractivity contribution in [3.8, 4) is 22.6 Å². The molecule has 1 aromatic carbocycles. The van der Waals surface area contributed by atoms with Crippen molar-refractivity contribution in [1.29, 1.82) is 0 Å². The summed E-state index contributed by atoms with van der Waals surface area (Å²) in [4.78, 5) is 4.37. The molecule has 23 heavy (non-hydrogen) atoms. The van der Waals surface area contributed by atoms with Crippen LogP contribution in [0.5, 0.6) is 11.5 Å². The molecule has 0 spiro atoms. The van der Waals surface area contributed by atoms with Gasteiger partial charge in [-0.3, -0.25) is 0 Å². The van der Waals surface area contributed by atoms with E-state index in [0.717, 1.165) is 28.8 Å². The van der Waals surface area contributed by atoms with Crippen molar-refractivity contribution < 1.29 is 10.2 Å². The molecule has 0 fully saturated rings. The Balaban J connectivity index is 2.28. The van der Waals surface area contributed by atoms with E-state index in [9.17, 15) is 10.2 Å². The molecule has 0 atom stereocenters. The van der Waals surface area contributed by atoms with Crippen LogP contribution >= 0.6 is 0 Å². The lowest BCUT2D eigenvalue weighted by molar-refractivity contribution is 0.442. The van der Waals surface area contributed by atoms with Crippen LogP contribution in [0.2, 0.25) is 0 Å². The molecule has 0 aliphatic carbocycles. The van der Waals surface area contributed by atoms with Gasteiger partial charge in [-0.05, 0) is 48.1 Å². The maximum Gasteiger partial charge on any atom is 0.145 e. The van der Waals surface area contributed by atoms with Crippen molar-refractivity contribution >= 4 is 5.65 Å². The molecule has 0 saturated heterocycles. The number of pyridine rings is 1. The highest BCUT2D eigenvalue weighted by Crippen LogP contribution is 2.44. The summed E-state index contributed by atoms with van der Waals surface area (Å²) in [7, 11) is 0. The van der Waals surface area contributed by atoms with Gasteiger partial charge in [0.1, 0.15) is 17.1 Å². The zero-order valence-electron chi connectivity index (χ0n) is 14.0. The molecule has 120 valence electrons. The van der Waals surface area contributed by atoms with Gasteiger partial charge in [-0.1, -0.05) is 20.8 Å². The number of benzene rings is 1. The molecule has 0 saturated carbocycles. The second-order valence-corrected chi connectivity index (χ2v) is 6.66. The molecule has 0 radical (unpaired) electrons. The Labute approximate surface area is 136 Å². The number of imidazole rings is 1. The maximum atomic E-state index is 10.6. The highest BCUT2D eigenvalue weighted by Gasteiger charge is 2.24. The lowest BCUT2D eigenvalue weighted by atomic mass is 9.81. The number of rotatable bonds is 3. The largest absolute Gasteiger partial charge is 0.507 e. The molecule has 4 nitrogen and oxygen atoms in total. The summed E-state index contributed by atoms with van der Waals surface area (Å²) in [5.41, 5.74) is 3.69. The molecule has 0 aliphatic heterocycles. The highest BCUT2D eigenvalue weighted by atomic mass is 16.3. The number of fused-ring (bicyclic) bond motifs is 1. The predicted octanol–water partition coefficient (Wildman–Crippen LogP) is 4.41. The third-order valence-corrected chi connectivity index (χ3v) is 4.78. The Kier molecular flexibility index (Phi) is 3.55. The van der Waals surface area contributed by atoms with Gasteiger partial charge in [0.25, 0.3) is 0 Å². The summed E-state index contributed by atoms with van der Waals surface area (Å²) in [5, 5.41) is 21.2. The van der Waals surface area contributed by atoms with Crippen LogP contribution in [-0.2, 0) is 5.41 Å². The van der Waals surface area contributed by atoms with E-state index in [2.05, 4.69) is 25.8 Å². The smallest absolute Gasteiger partial charge is 0.145 e. The maximum absolute atomic E-state index is 10.6. The van der Waals surface area contributed by atoms with Gasteiger partial charge in [0.15, 0.2) is 0 Å². The van der Waals surface area contributed by atoms with E-state index in [1.807, 2.05) is 29.8 Å². The first-order valence-corrected chi connectivity index (χ1v) is 7.84. The Bertz CT molecular complexity index is 855. The van der Waals surface area contributed by atoms with E-state index >= 15 is 0 Å². The van der Waals surface area contributed by atoms with E-state index in [0.29, 0.717) is 5.56 Å². The SMILES string of the molecule is CCC(C)(C)c1cc(O)c(-c2c(C)ccn3ccnc23)c(O)c1. The summed E-state index contributed by atoms with van der Waals surface area (Å²) in [6.45, 7) is 8.24. The third kappa shape index (κ3) is 2.44. The van der Waals surface area contributed by atoms with E-state index in [1.54, 1.807) is 18.3 Å². The quantitative estimate of drug-likeness (QED) is 0.753. The van der Waals surface area contributed by atoms with Crippen LogP contribution in [0, 0.1) is 6.92 Å². The molecule has 2 N–H and O–H groups in total. The molecule has 4 heteroatoms. The standard InChI is InChI=1S/C19H22N2O2/c1-5-19(3,4)13-10-14(22)17(15(23)11-13)16-12(2)6-8-21-9-7-20-18(16)21/h6-11,22-23H,5H2,1-4H3. The Morgan fingerprint density at radius 3 is 2.35 bits per heavy atom. The minimum absolute atomic E-state index is 0.0840. The van der Waals surface area contributed by atoms with Crippen molar-refractivity contribution in [3.05, 3.63) is 47.9 Å². The van der Waals surface area contributed by atoms with Gasteiger partial charge in [0.05, 0.1) is 5.56 Å². The second kappa shape index (κ2) is 5.30. The molecule has 2 heterocycles. The summed E-state index contributed by atoms with van der Waals surface area (Å²) < 4.78 is 1.88. The highest BCUT2D eigenvalue weighted by molar-refractivity contribution is 5.88. The van der Waals surface area contributed by atoms with Crippen LogP contribution < -0.4 is 0 Å². The first-order valence-electron chi connectivity index (χ1n) is 7.84. The number of aromatic nitrogens is 2. The van der Waals surface area contributed by atoms with Crippen molar-refractivity contribution in [3.63, 3.8) is 0 Å². The fourth-order valence-electron chi connectivity index (χ4n) is 2.85. The molecule has 3 aromatic rings. The number of nitrogens with zero attached hydrogens (tertiary/aromatic N) is 2. The van der Waals surface area contributed by atoms with E-state index in [1.165, 1.54) is 0 Å². The topological polar surface area (TPSA) is 57.8 Å². The minimum atomic E-state index is -0.109. The molecule has 0 aliphatic rings. The number of phenolic OH excluding ortho intramolecular Hbond substituents is 2. The first-order chi connectivity index (χ1) is 10.8. The molecular weight excluding hydrogens is 288 g/mol. The molecule has 0 unspecified atom stereocenters. The number of aryl methyl sites for hydroxylation is 1. The van der Waals surface area contributed by atoms with Gasteiger partial charge in [-0.15, -0.1) is 0 Å². The Morgan fingerprint density at radius 1 is 1.09 bits per heavy atom. The summed E-state index contributed by atoms with van der Waals surface area (Å²) in [6.07, 6.45) is 6.39. The van der Waals surface area contributed by atoms with Gasteiger partial charge in [-0.25, -0.2) is 4.98 Å². The van der Waals surface area contributed by atoms with Crippen LogP contribution in [0.3, 0.4) is 0 Å². The van der Waals surface area contributed by atoms with Gasteiger partial charge in [0.2, 0.25) is 0 Å². The van der Waals surface area contributed by atoms with Gasteiger partial charge in [0, 0.05) is 24.2 Å². The first kappa shape index (κ1) is 15.4. The van der Waals surface area contributed by atoms with Crippen molar-refractivity contribution in [2.75, 3.05) is 0 Å².